The van der Waals surface area contributed by atoms with Gasteiger partial charge in [-0.2, -0.15) is 0 Å². The Labute approximate surface area is 173 Å². The van der Waals surface area contributed by atoms with Crippen molar-refractivity contribution in [2.45, 2.75) is 19.9 Å². The van der Waals surface area contributed by atoms with Gasteiger partial charge in [0.15, 0.2) is 11.5 Å². The fourth-order valence-corrected chi connectivity index (χ4v) is 3.30. The van der Waals surface area contributed by atoms with Crippen LogP contribution in [0.1, 0.15) is 11.3 Å². The molecule has 0 radical (unpaired) electrons. The molecule has 4 rings (SSSR count). The highest BCUT2D eigenvalue weighted by molar-refractivity contribution is 5.78. The van der Waals surface area contributed by atoms with E-state index in [4.69, 9.17) is 4.42 Å². The summed E-state index contributed by atoms with van der Waals surface area (Å²) in [6.45, 7) is 1.60. The topological polar surface area (TPSA) is 159 Å². The molecule has 0 bridgehead atoms. The van der Waals surface area contributed by atoms with E-state index in [1.165, 1.54) is 41.8 Å². The Balaban J connectivity index is 1.84. The Kier molecular flexibility index (Phi) is 4.82. The molecule has 0 aliphatic carbocycles. The van der Waals surface area contributed by atoms with E-state index in [1.807, 2.05) is 0 Å². The highest BCUT2D eigenvalue weighted by Gasteiger charge is 2.17. The Bertz CT molecular complexity index is 1500. The van der Waals surface area contributed by atoms with E-state index >= 15 is 0 Å². The molecule has 0 fully saturated rings. The minimum atomic E-state index is -0.803. The molecule has 4 N–H and O–H groups in total. The van der Waals surface area contributed by atoms with Crippen LogP contribution in [0.2, 0.25) is 0 Å². The van der Waals surface area contributed by atoms with E-state index in [0.717, 1.165) is 0 Å². The van der Waals surface area contributed by atoms with Crippen LogP contribution in [0.5, 0.6) is 17.2 Å². The number of hydrogen-bond donors (Lipinski definition) is 4. The number of phenols is 2. The number of fused-ring (bicyclic) bond motifs is 1. The number of nitrogens with one attached hydrogen (secondary N) is 1. The molecule has 3 heterocycles. The SMILES string of the molecule is Cc1cc(O)c(-c2ccc3c(=O)[nH]c(=O)n(CCc4ccc(O)c(O)c4)c3n2)c(=O)o1. The molecule has 0 saturated carbocycles. The van der Waals surface area contributed by atoms with Gasteiger partial charge in [0, 0.05) is 12.6 Å². The van der Waals surface area contributed by atoms with Gasteiger partial charge in [0.2, 0.25) is 0 Å². The molecule has 10 heteroatoms. The Hall–Kier alpha value is -4.34. The predicted octanol–water partition coefficient (Wildman–Crippen LogP) is 1.37. The van der Waals surface area contributed by atoms with E-state index in [0.29, 0.717) is 5.56 Å². The smallest absolute Gasteiger partial charge is 0.349 e. The number of hydrogen-bond acceptors (Lipinski definition) is 8. The van der Waals surface area contributed by atoms with Crippen molar-refractivity contribution in [3.8, 4) is 28.5 Å². The molecular formula is C21H17N3O7. The van der Waals surface area contributed by atoms with Gasteiger partial charge >= 0.3 is 11.3 Å². The molecule has 0 aliphatic rings. The van der Waals surface area contributed by atoms with Crippen LogP contribution in [-0.4, -0.2) is 29.9 Å². The van der Waals surface area contributed by atoms with Crippen molar-refractivity contribution in [1.29, 1.82) is 0 Å². The third-order valence-corrected chi connectivity index (χ3v) is 4.82. The lowest BCUT2D eigenvalue weighted by Crippen LogP contribution is -2.31. The number of H-pyrrole nitrogens is 1. The highest BCUT2D eigenvalue weighted by atomic mass is 16.4. The number of phenolic OH excluding ortho intramolecular Hbond substituents is 2. The van der Waals surface area contributed by atoms with Crippen LogP contribution in [0.4, 0.5) is 0 Å². The third-order valence-electron chi connectivity index (χ3n) is 4.82. The molecule has 0 unspecified atom stereocenters. The van der Waals surface area contributed by atoms with Crippen LogP contribution < -0.4 is 16.9 Å². The molecule has 10 nitrogen and oxygen atoms in total. The Morgan fingerprint density at radius 3 is 2.48 bits per heavy atom. The molecule has 0 saturated heterocycles. The summed E-state index contributed by atoms with van der Waals surface area (Å²) in [5, 5.41) is 29.4. The maximum absolute atomic E-state index is 12.5. The number of nitrogens with zero attached hydrogens (tertiary/aromatic N) is 2. The second-order valence-corrected chi connectivity index (χ2v) is 6.96. The largest absolute Gasteiger partial charge is 0.507 e. The number of aryl methyl sites for hydroxylation is 3. The molecule has 31 heavy (non-hydrogen) atoms. The van der Waals surface area contributed by atoms with Crippen molar-refractivity contribution in [3.63, 3.8) is 0 Å². The van der Waals surface area contributed by atoms with Gasteiger partial charge in [0.05, 0.1) is 11.1 Å². The van der Waals surface area contributed by atoms with Gasteiger partial charge < -0.3 is 19.7 Å². The molecule has 1 aromatic carbocycles. The van der Waals surface area contributed by atoms with Crippen molar-refractivity contribution in [2.24, 2.45) is 0 Å². The minimum Gasteiger partial charge on any atom is -0.507 e. The van der Waals surface area contributed by atoms with Gasteiger partial charge in [-0.25, -0.2) is 14.6 Å². The number of pyridine rings is 1. The van der Waals surface area contributed by atoms with Crippen LogP contribution in [0, 0.1) is 6.92 Å². The monoisotopic (exact) mass is 423 g/mol. The summed E-state index contributed by atoms with van der Waals surface area (Å²) in [6.07, 6.45) is 0.277. The number of rotatable bonds is 4. The third kappa shape index (κ3) is 3.66. The Morgan fingerprint density at radius 1 is 1.00 bits per heavy atom. The van der Waals surface area contributed by atoms with E-state index in [1.54, 1.807) is 6.07 Å². The fraction of sp³-hybridized carbons (Fsp3) is 0.143. The average molecular weight is 423 g/mol. The van der Waals surface area contributed by atoms with Crippen molar-refractivity contribution in [3.05, 3.63) is 79.0 Å². The van der Waals surface area contributed by atoms with Gasteiger partial charge in [0.25, 0.3) is 5.56 Å². The number of benzene rings is 1. The molecule has 158 valence electrons. The summed E-state index contributed by atoms with van der Waals surface area (Å²) >= 11 is 0. The first-order valence-corrected chi connectivity index (χ1v) is 9.23. The second kappa shape index (κ2) is 7.48. The van der Waals surface area contributed by atoms with Gasteiger partial charge in [-0.15, -0.1) is 0 Å². The van der Waals surface area contributed by atoms with E-state index in [2.05, 4.69) is 9.97 Å². The summed E-state index contributed by atoms with van der Waals surface area (Å²) in [6, 6.07) is 8.33. The van der Waals surface area contributed by atoms with E-state index in [9.17, 15) is 29.7 Å². The van der Waals surface area contributed by atoms with Crippen molar-refractivity contribution in [1.82, 2.24) is 14.5 Å². The van der Waals surface area contributed by atoms with Crippen molar-refractivity contribution >= 4 is 11.0 Å². The first-order valence-electron chi connectivity index (χ1n) is 9.23. The van der Waals surface area contributed by atoms with Crippen LogP contribution in [0.3, 0.4) is 0 Å². The molecule has 0 spiro atoms. The highest BCUT2D eigenvalue weighted by Crippen LogP contribution is 2.27. The number of aromatic amines is 1. The first-order chi connectivity index (χ1) is 14.7. The minimum absolute atomic E-state index is 0.0219. The molecule has 3 aromatic heterocycles. The normalized spacial score (nSPS) is 11.1. The Morgan fingerprint density at radius 2 is 1.77 bits per heavy atom. The van der Waals surface area contributed by atoms with E-state index < -0.39 is 16.9 Å². The van der Waals surface area contributed by atoms with Gasteiger partial charge in [-0.1, -0.05) is 6.07 Å². The predicted molar refractivity (Wildman–Crippen MR) is 110 cm³/mol. The zero-order valence-corrected chi connectivity index (χ0v) is 16.2. The van der Waals surface area contributed by atoms with Crippen molar-refractivity contribution < 1.29 is 19.7 Å². The zero-order chi connectivity index (χ0) is 22.3. The summed E-state index contributed by atoms with van der Waals surface area (Å²) in [5.74, 6) is -0.673. The lowest BCUT2D eigenvalue weighted by molar-refractivity contribution is 0.403. The molecule has 4 aromatic rings. The summed E-state index contributed by atoms with van der Waals surface area (Å²) in [7, 11) is 0. The number of aromatic hydroxyl groups is 3. The maximum Gasteiger partial charge on any atom is 0.349 e. The fourth-order valence-electron chi connectivity index (χ4n) is 3.30. The molecular weight excluding hydrogens is 406 g/mol. The standard InChI is InChI=1S/C21H17N3O7/c1-10-8-16(27)17(20(29)31-10)13-4-3-12-18(22-13)24(21(30)23-19(12)28)7-6-11-2-5-14(25)15(26)9-11/h2-5,8-9,25-27H,6-7H2,1H3,(H,23,28,30). The summed E-state index contributed by atoms with van der Waals surface area (Å²) < 4.78 is 6.24. The molecule has 0 aliphatic heterocycles. The lowest BCUT2D eigenvalue weighted by atomic mass is 10.1. The van der Waals surface area contributed by atoms with Crippen LogP contribution >= 0.6 is 0 Å². The molecule has 0 atom stereocenters. The van der Waals surface area contributed by atoms with E-state index in [-0.39, 0.29) is 58.3 Å². The van der Waals surface area contributed by atoms with Crippen LogP contribution in [0.25, 0.3) is 22.3 Å². The average Bonchev–Trinajstić information content (AvgIpc) is 2.69. The quantitative estimate of drug-likeness (QED) is 0.358. The van der Waals surface area contributed by atoms with Crippen LogP contribution in [-0.2, 0) is 13.0 Å². The van der Waals surface area contributed by atoms with Crippen molar-refractivity contribution in [2.75, 3.05) is 0 Å². The first kappa shape index (κ1) is 20.0. The molecule has 0 amide bonds. The maximum atomic E-state index is 12.5. The summed E-state index contributed by atoms with van der Waals surface area (Å²) in [5.41, 5.74) is -1.64. The lowest BCUT2D eigenvalue weighted by Gasteiger charge is -2.11. The number of aromatic nitrogens is 3. The van der Waals surface area contributed by atoms with Crippen LogP contribution in [0.15, 0.2) is 55.2 Å². The zero-order valence-electron chi connectivity index (χ0n) is 16.2. The second-order valence-electron chi connectivity index (χ2n) is 6.96. The van der Waals surface area contributed by atoms with Gasteiger partial charge in [0.1, 0.15) is 22.7 Å². The van der Waals surface area contributed by atoms with Gasteiger partial charge in [-0.3, -0.25) is 14.3 Å². The summed E-state index contributed by atoms with van der Waals surface area (Å²) in [4.78, 5) is 43.5. The van der Waals surface area contributed by atoms with Gasteiger partial charge in [-0.05, 0) is 43.2 Å².